The first kappa shape index (κ1) is 25.5. The van der Waals surface area contributed by atoms with Crippen LogP contribution >= 0.6 is 0 Å². The van der Waals surface area contributed by atoms with Gasteiger partial charge in [0.2, 0.25) is 11.8 Å². The van der Waals surface area contributed by atoms with Gasteiger partial charge < -0.3 is 14.7 Å². The van der Waals surface area contributed by atoms with Crippen LogP contribution in [0, 0.1) is 29.1 Å². The molecule has 3 fully saturated rings. The van der Waals surface area contributed by atoms with Crippen molar-refractivity contribution in [3.63, 3.8) is 0 Å². The average Bonchev–Trinajstić information content (AvgIpc) is 2.77. The summed E-state index contributed by atoms with van der Waals surface area (Å²) in [6.45, 7) is 14.5. The minimum absolute atomic E-state index is 0.265. The van der Waals surface area contributed by atoms with E-state index in [1.54, 1.807) is 0 Å². The van der Waals surface area contributed by atoms with Gasteiger partial charge in [-0.2, -0.15) is 0 Å². The highest BCUT2D eigenvalue weighted by atomic mass is 16.2. The van der Waals surface area contributed by atoms with Gasteiger partial charge in [-0.3, -0.25) is 9.59 Å². The fourth-order valence-electron chi connectivity index (χ4n) is 5.94. The Morgan fingerprint density at radius 3 is 1.91 bits per heavy atom. The number of nitrogens with zero attached hydrogens (tertiary/aromatic N) is 3. The predicted molar refractivity (Wildman–Crippen MR) is 131 cm³/mol. The number of piperidine rings is 2. The zero-order valence-electron chi connectivity index (χ0n) is 21.6. The maximum absolute atomic E-state index is 12.9. The third kappa shape index (κ3) is 7.20. The molecule has 5 heteroatoms. The zero-order chi connectivity index (χ0) is 23.3. The van der Waals surface area contributed by atoms with Crippen LogP contribution in [0.1, 0.15) is 85.5 Å². The molecule has 5 nitrogen and oxygen atoms in total. The Kier molecular flexibility index (Phi) is 9.05. The minimum atomic E-state index is -0.265. The van der Waals surface area contributed by atoms with Gasteiger partial charge in [0.15, 0.2) is 0 Å². The molecule has 0 atom stereocenters. The summed E-state index contributed by atoms with van der Waals surface area (Å²) in [5, 5.41) is 0. The quantitative estimate of drug-likeness (QED) is 0.595. The van der Waals surface area contributed by atoms with Crippen molar-refractivity contribution >= 4 is 11.8 Å². The van der Waals surface area contributed by atoms with Crippen molar-refractivity contribution in [3.05, 3.63) is 0 Å². The van der Waals surface area contributed by atoms with Crippen LogP contribution in [-0.4, -0.2) is 72.8 Å². The van der Waals surface area contributed by atoms with Crippen molar-refractivity contribution in [2.24, 2.45) is 29.1 Å². The topological polar surface area (TPSA) is 43.9 Å². The summed E-state index contributed by atoms with van der Waals surface area (Å²) in [5.41, 5.74) is -0.265. The molecule has 3 rings (SSSR count). The number of carbonyl (C=O) groups excluding carboxylic acids is 2. The number of hydrogen-bond donors (Lipinski definition) is 0. The van der Waals surface area contributed by atoms with Gasteiger partial charge in [0.1, 0.15) is 0 Å². The van der Waals surface area contributed by atoms with Crippen molar-refractivity contribution in [2.45, 2.75) is 85.5 Å². The summed E-state index contributed by atoms with van der Waals surface area (Å²) in [4.78, 5) is 32.1. The minimum Gasteiger partial charge on any atom is -0.342 e. The molecular weight excluding hydrogens is 398 g/mol. The molecular formula is C27H49N3O2. The van der Waals surface area contributed by atoms with E-state index in [9.17, 15) is 9.59 Å². The highest BCUT2D eigenvalue weighted by Gasteiger charge is 2.32. The molecule has 0 aromatic rings. The summed E-state index contributed by atoms with van der Waals surface area (Å²) < 4.78 is 0. The number of likely N-dealkylation sites (tertiary alicyclic amines) is 2. The van der Waals surface area contributed by atoms with Crippen LogP contribution in [0.2, 0.25) is 0 Å². The van der Waals surface area contributed by atoms with Crippen molar-refractivity contribution in [2.75, 3.05) is 46.3 Å². The fourth-order valence-corrected chi connectivity index (χ4v) is 5.94. The van der Waals surface area contributed by atoms with Crippen LogP contribution in [0.3, 0.4) is 0 Å². The van der Waals surface area contributed by atoms with Gasteiger partial charge in [0, 0.05) is 44.1 Å². The maximum atomic E-state index is 12.9. The normalized spacial score (nSPS) is 26.6. The Morgan fingerprint density at radius 2 is 1.34 bits per heavy atom. The molecule has 3 aliphatic rings. The van der Waals surface area contributed by atoms with Gasteiger partial charge >= 0.3 is 0 Å². The standard InChI is InChI=1S/C27H49N3O2/c1-21-6-8-24(9-7-21)25(31)29-16-11-22(12-17-29)10-15-28(5)20-23-13-18-30(19-14-23)26(32)27(2,3)4/h21-24H,6-20H2,1-5H3. The molecule has 0 radical (unpaired) electrons. The van der Waals surface area contributed by atoms with E-state index < -0.39 is 0 Å². The van der Waals surface area contributed by atoms with Crippen molar-refractivity contribution in [3.8, 4) is 0 Å². The first-order valence-corrected chi connectivity index (χ1v) is 13.4. The van der Waals surface area contributed by atoms with E-state index in [1.807, 2.05) is 20.8 Å². The predicted octanol–water partition coefficient (Wildman–Crippen LogP) is 4.66. The first-order chi connectivity index (χ1) is 15.1. The van der Waals surface area contributed by atoms with Crippen LogP contribution in [-0.2, 0) is 9.59 Å². The third-order valence-corrected chi connectivity index (χ3v) is 8.32. The summed E-state index contributed by atoms with van der Waals surface area (Å²) in [5.74, 6) is 3.33. The zero-order valence-corrected chi connectivity index (χ0v) is 21.6. The lowest BCUT2D eigenvalue weighted by atomic mass is 9.82. The molecule has 0 unspecified atom stereocenters. The van der Waals surface area contributed by atoms with Crippen LogP contribution in [0.25, 0.3) is 0 Å². The number of rotatable bonds is 6. The molecule has 0 spiro atoms. The Bertz CT molecular complexity index is 605. The Morgan fingerprint density at radius 1 is 0.812 bits per heavy atom. The Balaban J connectivity index is 1.30. The second kappa shape index (κ2) is 11.4. The molecule has 32 heavy (non-hydrogen) atoms. The molecule has 2 saturated heterocycles. The highest BCUT2D eigenvalue weighted by molar-refractivity contribution is 5.81. The van der Waals surface area contributed by atoms with Gasteiger partial charge in [0.05, 0.1) is 0 Å². The Labute approximate surface area is 197 Å². The lowest BCUT2D eigenvalue weighted by Gasteiger charge is -2.38. The van der Waals surface area contributed by atoms with E-state index >= 15 is 0 Å². The van der Waals surface area contributed by atoms with Crippen molar-refractivity contribution in [1.29, 1.82) is 0 Å². The molecule has 0 N–H and O–H groups in total. The van der Waals surface area contributed by atoms with E-state index in [2.05, 4.69) is 28.7 Å². The van der Waals surface area contributed by atoms with Crippen LogP contribution < -0.4 is 0 Å². The summed E-state index contributed by atoms with van der Waals surface area (Å²) >= 11 is 0. The second-order valence-electron chi connectivity index (χ2n) is 12.3. The van der Waals surface area contributed by atoms with Gasteiger partial charge in [0.25, 0.3) is 0 Å². The molecule has 184 valence electrons. The van der Waals surface area contributed by atoms with Crippen molar-refractivity contribution in [1.82, 2.24) is 14.7 Å². The SMILES string of the molecule is CC1CCC(C(=O)N2CCC(CCN(C)CC3CCN(C(=O)C(C)(C)C)CC3)CC2)CC1. The summed E-state index contributed by atoms with van der Waals surface area (Å²) in [6, 6.07) is 0. The average molecular weight is 448 g/mol. The lowest BCUT2D eigenvalue weighted by Crippen LogP contribution is -2.45. The fraction of sp³-hybridized carbons (Fsp3) is 0.926. The lowest BCUT2D eigenvalue weighted by molar-refractivity contribution is -0.141. The second-order valence-corrected chi connectivity index (χ2v) is 12.3. The maximum Gasteiger partial charge on any atom is 0.227 e. The number of hydrogen-bond acceptors (Lipinski definition) is 3. The van der Waals surface area contributed by atoms with Crippen molar-refractivity contribution < 1.29 is 9.59 Å². The van der Waals surface area contributed by atoms with Crippen LogP contribution in [0.15, 0.2) is 0 Å². The molecule has 2 amide bonds. The van der Waals surface area contributed by atoms with E-state index in [4.69, 9.17) is 0 Å². The highest BCUT2D eigenvalue weighted by Crippen LogP contribution is 2.31. The largest absolute Gasteiger partial charge is 0.342 e. The van der Waals surface area contributed by atoms with E-state index in [1.165, 1.54) is 32.1 Å². The smallest absolute Gasteiger partial charge is 0.227 e. The molecule has 0 bridgehead atoms. The van der Waals surface area contributed by atoms with Gasteiger partial charge in [-0.05, 0) is 89.1 Å². The molecule has 0 aromatic carbocycles. The van der Waals surface area contributed by atoms with Gasteiger partial charge in [-0.1, -0.05) is 27.7 Å². The monoisotopic (exact) mass is 447 g/mol. The molecule has 1 saturated carbocycles. The van der Waals surface area contributed by atoms with E-state index in [-0.39, 0.29) is 5.41 Å². The van der Waals surface area contributed by atoms with Crippen LogP contribution in [0.4, 0.5) is 0 Å². The van der Waals surface area contributed by atoms with Crippen LogP contribution in [0.5, 0.6) is 0 Å². The van der Waals surface area contributed by atoms with E-state index in [0.717, 1.165) is 76.8 Å². The molecule has 0 aromatic heterocycles. The first-order valence-electron chi connectivity index (χ1n) is 13.4. The molecule has 1 aliphatic carbocycles. The van der Waals surface area contributed by atoms with E-state index in [0.29, 0.717) is 23.7 Å². The Hall–Kier alpha value is -1.10. The number of carbonyl (C=O) groups is 2. The third-order valence-electron chi connectivity index (χ3n) is 8.32. The van der Waals surface area contributed by atoms with Gasteiger partial charge in [-0.25, -0.2) is 0 Å². The molecule has 2 heterocycles. The molecule has 2 aliphatic heterocycles. The summed E-state index contributed by atoms with van der Waals surface area (Å²) in [6.07, 6.45) is 10.5. The summed E-state index contributed by atoms with van der Waals surface area (Å²) in [7, 11) is 2.26. The number of amides is 2. The van der Waals surface area contributed by atoms with Gasteiger partial charge in [-0.15, -0.1) is 0 Å².